The minimum absolute atomic E-state index is 0.0187. The van der Waals surface area contributed by atoms with Crippen molar-refractivity contribution in [2.24, 2.45) is 29.6 Å². The number of rotatable bonds is 6. The van der Waals surface area contributed by atoms with E-state index in [1.165, 1.54) is 22.3 Å². The molecule has 7 nitrogen and oxygen atoms in total. The fourth-order valence-corrected chi connectivity index (χ4v) is 6.78. The Morgan fingerprint density at radius 2 is 1.57 bits per heavy atom. The maximum atomic E-state index is 13.1. The summed E-state index contributed by atoms with van der Waals surface area (Å²) in [5, 5.41) is 12.1. The number of aliphatic carboxylic acids is 1. The van der Waals surface area contributed by atoms with E-state index in [2.05, 4.69) is 29.6 Å². The van der Waals surface area contributed by atoms with Crippen molar-refractivity contribution >= 4 is 18.0 Å². The summed E-state index contributed by atoms with van der Waals surface area (Å²) in [6.07, 6.45) is 2.24. The molecule has 1 saturated heterocycles. The minimum atomic E-state index is -0.738. The number of ether oxygens (including phenoxy) is 1. The molecule has 0 radical (unpaired) electrons. The number of likely N-dealkylation sites (tertiary alicyclic amines) is 1. The second-order valence-electron chi connectivity index (χ2n) is 10.4. The first kappa shape index (κ1) is 22.1. The van der Waals surface area contributed by atoms with E-state index in [0.717, 1.165) is 19.3 Å². The standard InChI is InChI=1S/C28H30N2O5/c31-26(30-13-22-23(14-30)25(22)27(32)33)17-11-5-6-16(17)12-29-28(34)35-15-24-20-9-3-1-7-18(20)19-8-2-4-10-21(19)24/h1-4,7-10,16-17,22-25H,5-6,11-15H2,(H,29,34)(H,32,33)/t16-,17-,22?,23?,25?/m1/s1. The molecule has 1 heterocycles. The summed E-state index contributed by atoms with van der Waals surface area (Å²) in [5.74, 6) is -0.638. The quantitative estimate of drug-likeness (QED) is 0.665. The third-order valence-electron chi connectivity index (χ3n) is 8.62. The van der Waals surface area contributed by atoms with Crippen molar-refractivity contribution in [3.63, 3.8) is 0 Å². The van der Waals surface area contributed by atoms with E-state index < -0.39 is 12.1 Å². The number of alkyl carbamates (subject to hydrolysis) is 1. The molecule has 35 heavy (non-hydrogen) atoms. The normalized spacial score (nSPS) is 28.2. The summed E-state index contributed by atoms with van der Waals surface area (Å²) in [6.45, 7) is 1.81. The molecule has 0 aromatic heterocycles. The van der Waals surface area contributed by atoms with E-state index >= 15 is 0 Å². The highest BCUT2D eigenvalue weighted by molar-refractivity contribution is 5.82. The molecular formula is C28H30N2O5. The van der Waals surface area contributed by atoms with Crippen LogP contribution in [-0.2, 0) is 14.3 Å². The van der Waals surface area contributed by atoms with E-state index in [0.29, 0.717) is 19.6 Å². The van der Waals surface area contributed by atoms with Gasteiger partial charge in [-0.15, -0.1) is 0 Å². The van der Waals surface area contributed by atoms with Gasteiger partial charge < -0.3 is 20.1 Å². The summed E-state index contributed by atoms with van der Waals surface area (Å²) in [7, 11) is 0. The van der Waals surface area contributed by atoms with Gasteiger partial charge in [0.1, 0.15) is 6.61 Å². The van der Waals surface area contributed by atoms with Crippen LogP contribution in [0.15, 0.2) is 48.5 Å². The van der Waals surface area contributed by atoms with E-state index in [1.54, 1.807) is 0 Å². The molecular weight excluding hydrogens is 444 g/mol. The molecule has 4 aliphatic rings. The number of piperidine rings is 1. The van der Waals surface area contributed by atoms with Gasteiger partial charge >= 0.3 is 12.1 Å². The molecule has 2 amide bonds. The lowest BCUT2D eigenvalue weighted by atomic mass is 9.94. The molecule has 3 aliphatic carbocycles. The number of carbonyl (C=O) groups is 3. The molecule has 2 unspecified atom stereocenters. The van der Waals surface area contributed by atoms with Crippen molar-refractivity contribution in [2.75, 3.05) is 26.2 Å². The van der Waals surface area contributed by atoms with Crippen molar-refractivity contribution in [3.8, 4) is 11.1 Å². The molecule has 0 spiro atoms. The van der Waals surface area contributed by atoms with E-state index in [-0.39, 0.29) is 48.0 Å². The number of hydrogen-bond acceptors (Lipinski definition) is 4. The molecule has 3 fully saturated rings. The molecule has 0 bridgehead atoms. The molecule has 1 aliphatic heterocycles. The molecule has 2 aromatic carbocycles. The third kappa shape index (κ3) is 3.87. The topological polar surface area (TPSA) is 95.9 Å². The Bertz CT molecular complexity index is 1120. The van der Waals surface area contributed by atoms with Crippen LogP contribution in [-0.4, -0.2) is 54.2 Å². The smallest absolute Gasteiger partial charge is 0.407 e. The largest absolute Gasteiger partial charge is 0.481 e. The SMILES string of the molecule is O=C(NC[C@H]1CCC[C@H]1C(=O)N1CC2C(C1)C2C(=O)O)OCC1c2ccccc2-c2ccccc21. The number of fused-ring (bicyclic) bond motifs is 4. The van der Waals surface area contributed by atoms with Gasteiger partial charge in [-0.3, -0.25) is 9.59 Å². The molecule has 7 heteroatoms. The summed E-state index contributed by atoms with van der Waals surface area (Å²) < 4.78 is 5.65. The van der Waals surface area contributed by atoms with Crippen LogP contribution in [0.4, 0.5) is 4.79 Å². The predicted molar refractivity (Wildman–Crippen MR) is 129 cm³/mol. The first-order valence-electron chi connectivity index (χ1n) is 12.6. The molecule has 2 saturated carbocycles. The number of carboxylic acid groups (broad SMARTS) is 1. The average Bonchev–Trinajstić information content (AvgIpc) is 3.22. The lowest BCUT2D eigenvalue weighted by Gasteiger charge is -2.26. The number of carboxylic acids is 1. The van der Waals surface area contributed by atoms with Crippen molar-refractivity contribution in [1.29, 1.82) is 0 Å². The molecule has 6 rings (SSSR count). The number of nitrogens with one attached hydrogen (secondary N) is 1. The Morgan fingerprint density at radius 3 is 2.20 bits per heavy atom. The van der Waals surface area contributed by atoms with Gasteiger partial charge in [-0.05, 0) is 52.8 Å². The van der Waals surface area contributed by atoms with Crippen LogP contribution in [0.1, 0.15) is 36.3 Å². The molecule has 182 valence electrons. The van der Waals surface area contributed by atoms with Crippen molar-refractivity contribution in [1.82, 2.24) is 10.2 Å². The average molecular weight is 475 g/mol. The summed E-state index contributed by atoms with van der Waals surface area (Å²) >= 11 is 0. The van der Waals surface area contributed by atoms with Gasteiger partial charge in [0.05, 0.1) is 5.92 Å². The Morgan fingerprint density at radius 1 is 0.943 bits per heavy atom. The van der Waals surface area contributed by atoms with Crippen LogP contribution in [0.5, 0.6) is 0 Å². The van der Waals surface area contributed by atoms with Crippen LogP contribution in [0.25, 0.3) is 11.1 Å². The van der Waals surface area contributed by atoms with Gasteiger partial charge in [0.2, 0.25) is 5.91 Å². The second kappa shape index (κ2) is 8.70. The highest BCUT2D eigenvalue weighted by Crippen LogP contribution is 2.52. The number of nitrogens with zero attached hydrogens (tertiary/aromatic N) is 1. The highest BCUT2D eigenvalue weighted by Gasteiger charge is 2.61. The van der Waals surface area contributed by atoms with Crippen molar-refractivity contribution < 1.29 is 24.2 Å². The zero-order valence-corrected chi connectivity index (χ0v) is 19.6. The van der Waals surface area contributed by atoms with Gasteiger partial charge in [0.15, 0.2) is 0 Å². The lowest BCUT2D eigenvalue weighted by Crippen LogP contribution is -2.41. The molecule has 2 aromatic rings. The zero-order valence-electron chi connectivity index (χ0n) is 19.6. The van der Waals surface area contributed by atoms with E-state index in [4.69, 9.17) is 4.74 Å². The summed E-state index contributed by atoms with van der Waals surface area (Å²) in [4.78, 5) is 38.8. The number of hydrogen-bond donors (Lipinski definition) is 2. The van der Waals surface area contributed by atoms with Crippen LogP contribution < -0.4 is 5.32 Å². The lowest BCUT2D eigenvalue weighted by molar-refractivity contribution is -0.142. The number of carbonyl (C=O) groups excluding carboxylic acids is 2. The maximum Gasteiger partial charge on any atom is 0.407 e. The first-order chi connectivity index (χ1) is 17.0. The van der Waals surface area contributed by atoms with Crippen molar-refractivity contribution in [3.05, 3.63) is 59.7 Å². The fraction of sp³-hybridized carbons (Fsp3) is 0.464. The van der Waals surface area contributed by atoms with E-state index in [9.17, 15) is 19.5 Å². The maximum absolute atomic E-state index is 13.1. The molecule has 2 N–H and O–H groups in total. The molecule has 4 atom stereocenters. The van der Waals surface area contributed by atoms with Crippen LogP contribution >= 0.6 is 0 Å². The van der Waals surface area contributed by atoms with Gasteiger partial charge in [-0.25, -0.2) is 4.79 Å². The summed E-state index contributed by atoms with van der Waals surface area (Å²) in [5.41, 5.74) is 4.74. The Hall–Kier alpha value is -3.35. The van der Waals surface area contributed by atoms with Crippen LogP contribution in [0, 0.1) is 29.6 Å². The van der Waals surface area contributed by atoms with Gasteiger partial charge in [0.25, 0.3) is 0 Å². The monoisotopic (exact) mass is 474 g/mol. The zero-order chi connectivity index (χ0) is 24.1. The third-order valence-corrected chi connectivity index (χ3v) is 8.62. The van der Waals surface area contributed by atoms with Gasteiger partial charge in [-0.2, -0.15) is 0 Å². The Labute approximate surface area is 204 Å². The van der Waals surface area contributed by atoms with Crippen LogP contribution in [0.3, 0.4) is 0 Å². The second-order valence-corrected chi connectivity index (χ2v) is 10.4. The Balaban J connectivity index is 1.02. The highest BCUT2D eigenvalue weighted by atomic mass is 16.5. The van der Waals surface area contributed by atoms with Gasteiger partial charge in [-0.1, -0.05) is 55.0 Å². The number of amides is 2. The first-order valence-corrected chi connectivity index (χ1v) is 12.6. The summed E-state index contributed by atoms with van der Waals surface area (Å²) in [6, 6.07) is 16.5. The van der Waals surface area contributed by atoms with Crippen LogP contribution in [0.2, 0.25) is 0 Å². The fourth-order valence-electron chi connectivity index (χ4n) is 6.78. The van der Waals surface area contributed by atoms with Gasteiger partial charge in [0, 0.05) is 31.5 Å². The predicted octanol–water partition coefficient (Wildman–Crippen LogP) is 3.73. The minimum Gasteiger partial charge on any atom is -0.481 e. The Kier molecular flexibility index (Phi) is 5.50. The van der Waals surface area contributed by atoms with Crippen molar-refractivity contribution in [2.45, 2.75) is 25.2 Å². The number of benzene rings is 2. The van der Waals surface area contributed by atoms with E-state index in [1.807, 2.05) is 29.2 Å².